The first-order valence-corrected chi connectivity index (χ1v) is 8.00. The van der Waals surface area contributed by atoms with Crippen molar-refractivity contribution in [3.8, 4) is 11.1 Å². The van der Waals surface area contributed by atoms with Crippen LogP contribution in [-0.2, 0) is 10.1 Å². The Kier molecular flexibility index (Phi) is 4.84. The summed E-state index contributed by atoms with van der Waals surface area (Å²) in [4.78, 5) is 12.5. The van der Waals surface area contributed by atoms with Crippen LogP contribution in [0, 0.1) is 0 Å². The van der Waals surface area contributed by atoms with E-state index in [-0.39, 0.29) is 5.97 Å². The van der Waals surface area contributed by atoms with Crippen LogP contribution < -0.4 is 0 Å². The van der Waals surface area contributed by atoms with Crippen LogP contribution >= 0.6 is 15.9 Å². The lowest BCUT2D eigenvalue weighted by atomic mass is 9.97. The van der Waals surface area contributed by atoms with Crippen LogP contribution in [0.2, 0.25) is 0 Å². The first kappa shape index (κ1) is 15.8. The number of halogens is 1. The Morgan fingerprint density at radius 3 is 2.33 bits per heavy atom. The summed E-state index contributed by atoms with van der Waals surface area (Å²) in [6, 6.07) is 15.8. The average molecular weight is 347 g/mol. The Bertz CT molecular complexity index is 627. The van der Waals surface area contributed by atoms with Crippen molar-refractivity contribution in [2.75, 3.05) is 0 Å². The molecular formula is C18H19BrO2. The maximum absolute atomic E-state index is 12.5. The van der Waals surface area contributed by atoms with Crippen molar-refractivity contribution in [2.24, 2.45) is 0 Å². The van der Waals surface area contributed by atoms with Crippen molar-refractivity contribution in [3.05, 3.63) is 59.7 Å². The highest BCUT2D eigenvalue weighted by atomic mass is 79.9. The number of hydrogen-bond acceptors (Lipinski definition) is 2. The van der Waals surface area contributed by atoms with Gasteiger partial charge in [0.25, 0.3) is 0 Å². The van der Waals surface area contributed by atoms with Gasteiger partial charge in [0.05, 0.1) is 5.56 Å². The second-order valence-electron chi connectivity index (χ2n) is 5.88. The zero-order valence-corrected chi connectivity index (χ0v) is 14.1. The average Bonchev–Trinajstić information content (AvgIpc) is 2.45. The largest absolute Gasteiger partial charge is 0.456 e. The molecule has 0 N–H and O–H groups in total. The molecule has 0 amide bonds. The van der Waals surface area contributed by atoms with E-state index >= 15 is 0 Å². The Hall–Kier alpha value is -1.61. The third-order valence-electron chi connectivity index (χ3n) is 2.94. The molecule has 3 heteroatoms. The van der Waals surface area contributed by atoms with Gasteiger partial charge in [0.15, 0.2) is 0 Å². The van der Waals surface area contributed by atoms with E-state index < -0.39 is 5.60 Å². The van der Waals surface area contributed by atoms with Gasteiger partial charge in [-0.15, -0.1) is 0 Å². The van der Waals surface area contributed by atoms with Gasteiger partial charge in [-0.25, -0.2) is 4.79 Å². The molecule has 2 aromatic rings. The highest BCUT2D eigenvalue weighted by Crippen LogP contribution is 2.27. The molecule has 0 aromatic heterocycles. The van der Waals surface area contributed by atoms with E-state index in [0.29, 0.717) is 10.9 Å². The third kappa shape index (κ3) is 4.18. The number of rotatable bonds is 3. The van der Waals surface area contributed by atoms with Crippen LogP contribution in [0.25, 0.3) is 11.1 Å². The van der Waals surface area contributed by atoms with Crippen LogP contribution in [0.15, 0.2) is 48.5 Å². The molecule has 0 bridgehead atoms. The summed E-state index contributed by atoms with van der Waals surface area (Å²) >= 11 is 3.43. The maximum atomic E-state index is 12.5. The van der Waals surface area contributed by atoms with E-state index in [0.717, 1.165) is 16.7 Å². The van der Waals surface area contributed by atoms with Gasteiger partial charge in [0, 0.05) is 5.33 Å². The van der Waals surface area contributed by atoms with Crippen LogP contribution in [0.1, 0.15) is 36.7 Å². The quantitative estimate of drug-likeness (QED) is 0.563. The van der Waals surface area contributed by atoms with Crippen molar-refractivity contribution in [2.45, 2.75) is 31.7 Å². The Morgan fingerprint density at radius 1 is 1.10 bits per heavy atom. The number of alkyl halides is 1. The molecule has 110 valence electrons. The lowest BCUT2D eigenvalue weighted by Crippen LogP contribution is -2.24. The van der Waals surface area contributed by atoms with Gasteiger partial charge in [-0.2, -0.15) is 0 Å². The summed E-state index contributed by atoms with van der Waals surface area (Å²) in [5.74, 6) is -0.288. The molecule has 0 fully saturated rings. The SMILES string of the molecule is CC(C)(C)OC(=O)c1cc(CBr)ccc1-c1ccccc1. The summed E-state index contributed by atoms with van der Waals surface area (Å²) in [7, 11) is 0. The molecule has 0 aliphatic carbocycles. The topological polar surface area (TPSA) is 26.3 Å². The molecule has 21 heavy (non-hydrogen) atoms. The van der Waals surface area contributed by atoms with Gasteiger partial charge >= 0.3 is 5.97 Å². The molecule has 0 aliphatic rings. The van der Waals surface area contributed by atoms with Gasteiger partial charge in [-0.1, -0.05) is 58.4 Å². The highest BCUT2D eigenvalue weighted by Gasteiger charge is 2.21. The molecule has 0 unspecified atom stereocenters. The van der Waals surface area contributed by atoms with Crippen LogP contribution in [0.4, 0.5) is 0 Å². The van der Waals surface area contributed by atoms with E-state index in [1.807, 2.05) is 69.3 Å². The van der Waals surface area contributed by atoms with Crippen molar-refractivity contribution in [3.63, 3.8) is 0 Å². The van der Waals surface area contributed by atoms with E-state index in [9.17, 15) is 4.79 Å². The first-order valence-electron chi connectivity index (χ1n) is 6.88. The van der Waals surface area contributed by atoms with Crippen molar-refractivity contribution in [1.29, 1.82) is 0 Å². The molecule has 2 aromatic carbocycles. The maximum Gasteiger partial charge on any atom is 0.339 e. The fourth-order valence-electron chi connectivity index (χ4n) is 2.05. The van der Waals surface area contributed by atoms with E-state index in [1.165, 1.54) is 0 Å². The minimum absolute atomic E-state index is 0.288. The van der Waals surface area contributed by atoms with Crippen molar-refractivity contribution < 1.29 is 9.53 Å². The first-order chi connectivity index (χ1) is 9.90. The number of hydrogen-bond donors (Lipinski definition) is 0. The molecular weight excluding hydrogens is 328 g/mol. The summed E-state index contributed by atoms with van der Waals surface area (Å²) in [6.45, 7) is 5.63. The van der Waals surface area contributed by atoms with Gasteiger partial charge < -0.3 is 4.74 Å². The monoisotopic (exact) mass is 346 g/mol. The summed E-state index contributed by atoms with van der Waals surface area (Å²) in [6.07, 6.45) is 0. The predicted octanol–water partition coefficient (Wildman–Crippen LogP) is 5.20. The highest BCUT2D eigenvalue weighted by molar-refractivity contribution is 9.08. The number of carbonyl (C=O) groups excluding carboxylic acids is 1. The van der Waals surface area contributed by atoms with E-state index in [2.05, 4.69) is 15.9 Å². The molecule has 0 saturated carbocycles. The smallest absolute Gasteiger partial charge is 0.339 e. The second kappa shape index (κ2) is 6.44. The number of esters is 1. The predicted molar refractivity (Wildman–Crippen MR) is 89.7 cm³/mol. The van der Waals surface area contributed by atoms with Gasteiger partial charge in [0.1, 0.15) is 5.60 Å². The third-order valence-corrected chi connectivity index (χ3v) is 3.59. The minimum atomic E-state index is -0.505. The summed E-state index contributed by atoms with van der Waals surface area (Å²) < 4.78 is 5.53. The molecule has 0 heterocycles. The fraction of sp³-hybridized carbons (Fsp3) is 0.278. The Balaban J connectivity index is 2.49. The molecule has 0 aliphatic heterocycles. The normalized spacial score (nSPS) is 11.2. The van der Waals surface area contributed by atoms with E-state index in [4.69, 9.17) is 4.74 Å². The lowest BCUT2D eigenvalue weighted by molar-refractivity contribution is 0.00704. The van der Waals surface area contributed by atoms with Crippen LogP contribution in [0.3, 0.4) is 0 Å². The van der Waals surface area contributed by atoms with E-state index in [1.54, 1.807) is 0 Å². The van der Waals surface area contributed by atoms with Crippen LogP contribution in [-0.4, -0.2) is 11.6 Å². The zero-order valence-electron chi connectivity index (χ0n) is 12.5. The van der Waals surface area contributed by atoms with Gasteiger partial charge in [-0.3, -0.25) is 0 Å². The van der Waals surface area contributed by atoms with Crippen molar-refractivity contribution >= 4 is 21.9 Å². The van der Waals surface area contributed by atoms with Crippen LogP contribution in [0.5, 0.6) is 0 Å². The number of carbonyl (C=O) groups is 1. The molecule has 0 spiro atoms. The Labute approximate surface area is 134 Å². The second-order valence-corrected chi connectivity index (χ2v) is 6.44. The van der Waals surface area contributed by atoms with Gasteiger partial charge in [-0.05, 0) is 43.5 Å². The molecule has 2 rings (SSSR count). The zero-order chi connectivity index (χ0) is 15.5. The lowest BCUT2D eigenvalue weighted by Gasteiger charge is -2.21. The molecule has 0 saturated heterocycles. The fourth-order valence-corrected chi connectivity index (χ4v) is 2.39. The van der Waals surface area contributed by atoms with Crippen molar-refractivity contribution in [1.82, 2.24) is 0 Å². The molecule has 0 radical (unpaired) electrons. The minimum Gasteiger partial charge on any atom is -0.456 e. The number of benzene rings is 2. The summed E-state index contributed by atoms with van der Waals surface area (Å²) in [5.41, 5.74) is 3.06. The molecule has 0 atom stereocenters. The van der Waals surface area contributed by atoms with Gasteiger partial charge in [0.2, 0.25) is 0 Å². The standard InChI is InChI=1S/C18H19BrO2/c1-18(2,3)21-17(20)16-11-13(12-19)9-10-15(16)14-7-5-4-6-8-14/h4-11H,12H2,1-3H3. The Morgan fingerprint density at radius 2 is 1.76 bits per heavy atom. The molecule has 2 nitrogen and oxygen atoms in total. The number of ether oxygens (including phenoxy) is 1. The summed E-state index contributed by atoms with van der Waals surface area (Å²) in [5, 5.41) is 0.706.